The molecule has 27 heavy (non-hydrogen) atoms. The highest BCUT2D eigenvalue weighted by Crippen LogP contribution is 2.22. The van der Waals surface area contributed by atoms with E-state index < -0.39 is 28.3 Å². The third kappa shape index (κ3) is 4.55. The molecule has 9 heteroatoms. The van der Waals surface area contributed by atoms with Gasteiger partial charge in [0.05, 0.1) is 42.0 Å². The summed E-state index contributed by atoms with van der Waals surface area (Å²) < 4.78 is 35.1. The molecule has 1 aliphatic rings. The number of hydrogen-bond donors (Lipinski definition) is 2. The van der Waals surface area contributed by atoms with Crippen molar-refractivity contribution in [3.63, 3.8) is 0 Å². The molecule has 1 aromatic carbocycles. The largest absolute Gasteiger partial charge is 0.389 e. The minimum atomic E-state index is -3.77. The Bertz CT molecular complexity index is 887. The summed E-state index contributed by atoms with van der Waals surface area (Å²) in [5.41, 5.74) is 1.66. The van der Waals surface area contributed by atoms with Gasteiger partial charge in [-0.1, -0.05) is 43.7 Å². The van der Waals surface area contributed by atoms with Crippen molar-refractivity contribution in [2.45, 2.75) is 62.8 Å². The molecule has 1 saturated heterocycles. The Balaban J connectivity index is 1.75. The van der Waals surface area contributed by atoms with Crippen molar-refractivity contribution in [2.24, 2.45) is 0 Å². The minimum absolute atomic E-state index is 0.0621. The third-order valence-corrected chi connectivity index (χ3v) is 6.07. The Hall–Kier alpha value is -1.81. The van der Waals surface area contributed by atoms with Gasteiger partial charge in [-0.05, 0) is 19.1 Å². The second kappa shape index (κ2) is 7.31. The Kier molecular flexibility index (Phi) is 5.40. The Morgan fingerprint density at radius 3 is 2.56 bits per heavy atom. The van der Waals surface area contributed by atoms with E-state index in [0.717, 1.165) is 11.3 Å². The van der Waals surface area contributed by atoms with Crippen molar-refractivity contribution in [1.29, 1.82) is 0 Å². The molecule has 1 aromatic heterocycles. The molecule has 2 N–H and O–H groups in total. The van der Waals surface area contributed by atoms with Crippen molar-refractivity contribution in [3.05, 3.63) is 41.7 Å². The molecule has 8 nitrogen and oxygen atoms in total. The summed E-state index contributed by atoms with van der Waals surface area (Å²) in [5.74, 6) is 0. The molecule has 1 fully saturated rings. The van der Waals surface area contributed by atoms with Crippen molar-refractivity contribution < 1.29 is 18.3 Å². The van der Waals surface area contributed by atoms with Gasteiger partial charge in [0, 0.05) is 11.6 Å². The molecule has 0 bridgehead atoms. The smallest absolute Gasteiger partial charge is 0.240 e. The molecule has 0 amide bonds. The van der Waals surface area contributed by atoms with E-state index in [1.54, 1.807) is 28.9 Å². The highest BCUT2D eigenvalue weighted by Gasteiger charge is 2.39. The van der Waals surface area contributed by atoms with Crippen molar-refractivity contribution in [1.82, 2.24) is 19.7 Å². The highest BCUT2D eigenvalue weighted by molar-refractivity contribution is 7.89. The van der Waals surface area contributed by atoms with Gasteiger partial charge in [-0.15, -0.1) is 5.10 Å². The maximum atomic E-state index is 12.7. The van der Waals surface area contributed by atoms with Crippen LogP contribution in [-0.2, 0) is 26.7 Å². The molecule has 0 saturated carbocycles. The van der Waals surface area contributed by atoms with Gasteiger partial charge in [0.1, 0.15) is 0 Å². The standard InChI is InChI=1S/C18H26N4O4S/c1-12-5-7-13(8-6-12)27(24,25)20-17-14(23)11-26-15(17)9-22-10-16(19-21-22)18(2,3)4/h5-8,10,14-15,17,20,23H,9,11H2,1-4H3/t14-,15+,17+/m0/s1. The second-order valence-electron chi connectivity index (χ2n) is 7.98. The summed E-state index contributed by atoms with van der Waals surface area (Å²) in [4.78, 5) is 0.154. The number of sulfonamides is 1. The van der Waals surface area contributed by atoms with Crippen molar-refractivity contribution in [2.75, 3.05) is 6.61 Å². The topological polar surface area (TPSA) is 106 Å². The first-order valence-electron chi connectivity index (χ1n) is 8.85. The molecule has 1 aliphatic heterocycles. The second-order valence-corrected chi connectivity index (χ2v) is 9.69. The van der Waals surface area contributed by atoms with E-state index in [2.05, 4.69) is 15.0 Å². The SMILES string of the molecule is Cc1ccc(S(=O)(=O)N[C@@H]2[C@@H](O)CO[C@@H]2Cn2cc(C(C)(C)C)nn2)cc1. The van der Waals surface area contributed by atoms with Crippen LogP contribution in [0.15, 0.2) is 35.4 Å². The Morgan fingerprint density at radius 1 is 1.30 bits per heavy atom. The van der Waals surface area contributed by atoms with Crippen LogP contribution in [0, 0.1) is 6.92 Å². The number of aliphatic hydroxyl groups excluding tert-OH is 1. The summed E-state index contributed by atoms with van der Waals surface area (Å²) in [6.07, 6.45) is 0.343. The van der Waals surface area contributed by atoms with Gasteiger partial charge in [0.2, 0.25) is 10.0 Å². The average Bonchev–Trinajstić information content (AvgIpc) is 3.17. The van der Waals surface area contributed by atoms with Crippen LogP contribution < -0.4 is 4.72 Å². The van der Waals surface area contributed by atoms with E-state index in [9.17, 15) is 13.5 Å². The molecule has 0 unspecified atom stereocenters. The lowest BCUT2D eigenvalue weighted by atomic mass is 9.93. The fraction of sp³-hybridized carbons (Fsp3) is 0.556. The van der Waals surface area contributed by atoms with Crippen LogP contribution in [0.1, 0.15) is 32.0 Å². The third-order valence-electron chi connectivity index (χ3n) is 4.59. The van der Waals surface area contributed by atoms with E-state index in [0.29, 0.717) is 6.54 Å². The first-order valence-corrected chi connectivity index (χ1v) is 10.3. The van der Waals surface area contributed by atoms with Crippen LogP contribution in [-0.4, -0.2) is 53.4 Å². The zero-order valence-corrected chi connectivity index (χ0v) is 16.8. The van der Waals surface area contributed by atoms with Crippen LogP contribution in [0.25, 0.3) is 0 Å². The number of nitrogens with zero attached hydrogens (tertiary/aromatic N) is 3. The predicted octanol–water partition coefficient (Wildman–Crippen LogP) is 0.991. The molecule has 2 aromatic rings. The number of nitrogens with one attached hydrogen (secondary N) is 1. The zero-order valence-electron chi connectivity index (χ0n) is 16.0. The van der Waals surface area contributed by atoms with E-state index >= 15 is 0 Å². The maximum absolute atomic E-state index is 12.7. The lowest BCUT2D eigenvalue weighted by Gasteiger charge is -2.21. The number of aryl methyl sites for hydroxylation is 1. The van der Waals surface area contributed by atoms with E-state index in [1.165, 1.54) is 0 Å². The first kappa shape index (κ1) is 19.9. The minimum Gasteiger partial charge on any atom is -0.389 e. The summed E-state index contributed by atoms with van der Waals surface area (Å²) in [5, 5.41) is 18.5. The quantitative estimate of drug-likeness (QED) is 0.783. The average molecular weight is 394 g/mol. The molecule has 3 rings (SSSR count). The van der Waals surface area contributed by atoms with Crippen molar-refractivity contribution in [3.8, 4) is 0 Å². The van der Waals surface area contributed by atoms with Gasteiger partial charge in [0.15, 0.2) is 0 Å². The summed E-state index contributed by atoms with van der Waals surface area (Å²) in [6.45, 7) is 8.35. The predicted molar refractivity (Wildman–Crippen MR) is 99.8 cm³/mol. The molecule has 0 radical (unpaired) electrons. The van der Waals surface area contributed by atoms with Gasteiger partial charge in [-0.2, -0.15) is 0 Å². The molecule has 0 spiro atoms. The molecular formula is C18H26N4O4S. The molecule has 3 atom stereocenters. The van der Waals surface area contributed by atoms with E-state index in [4.69, 9.17) is 4.74 Å². The molecule has 148 valence electrons. The van der Waals surface area contributed by atoms with Gasteiger partial charge in [0.25, 0.3) is 0 Å². The van der Waals surface area contributed by atoms with Crippen LogP contribution >= 0.6 is 0 Å². The zero-order chi connectivity index (χ0) is 19.8. The van der Waals surface area contributed by atoms with Crippen LogP contribution in [0.4, 0.5) is 0 Å². The van der Waals surface area contributed by atoms with Gasteiger partial charge >= 0.3 is 0 Å². The number of rotatable bonds is 5. The molecule has 2 heterocycles. The first-order chi connectivity index (χ1) is 12.6. The van der Waals surface area contributed by atoms with E-state index in [1.807, 2.05) is 33.9 Å². The lowest BCUT2D eigenvalue weighted by Crippen LogP contribution is -2.47. The van der Waals surface area contributed by atoms with Crippen LogP contribution in [0.2, 0.25) is 0 Å². The number of ether oxygens (including phenoxy) is 1. The number of aliphatic hydroxyl groups is 1. The fourth-order valence-electron chi connectivity index (χ4n) is 2.88. The summed E-state index contributed by atoms with van der Waals surface area (Å²) in [7, 11) is -3.77. The Morgan fingerprint density at radius 2 is 1.96 bits per heavy atom. The summed E-state index contributed by atoms with van der Waals surface area (Å²) in [6, 6.07) is 5.79. The summed E-state index contributed by atoms with van der Waals surface area (Å²) >= 11 is 0. The van der Waals surface area contributed by atoms with Crippen LogP contribution in [0.3, 0.4) is 0 Å². The highest BCUT2D eigenvalue weighted by atomic mass is 32.2. The van der Waals surface area contributed by atoms with Gasteiger partial charge < -0.3 is 9.84 Å². The fourth-order valence-corrected chi connectivity index (χ4v) is 4.18. The Labute approximate surface area is 159 Å². The number of aromatic nitrogens is 3. The monoisotopic (exact) mass is 394 g/mol. The van der Waals surface area contributed by atoms with E-state index in [-0.39, 0.29) is 16.9 Å². The number of benzene rings is 1. The lowest BCUT2D eigenvalue weighted by molar-refractivity contribution is 0.0753. The molecule has 0 aliphatic carbocycles. The van der Waals surface area contributed by atoms with Gasteiger partial charge in [-0.3, -0.25) is 0 Å². The number of hydrogen-bond acceptors (Lipinski definition) is 6. The maximum Gasteiger partial charge on any atom is 0.240 e. The van der Waals surface area contributed by atoms with Crippen LogP contribution in [0.5, 0.6) is 0 Å². The molecular weight excluding hydrogens is 368 g/mol. The normalized spacial score (nSPS) is 23.7. The van der Waals surface area contributed by atoms with Crippen molar-refractivity contribution >= 4 is 10.0 Å². The van der Waals surface area contributed by atoms with Gasteiger partial charge in [-0.25, -0.2) is 17.8 Å².